The summed E-state index contributed by atoms with van der Waals surface area (Å²) in [7, 11) is -1.83. The van der Waals surface area contributed by atoms with Crippen LogP contribution in [-0.4, -0.2) is 46.0 Å². The average molecular weight is 419 g/mol. The lowest BCUT2D eigenvalue weighted by molar-refractivity contribution is -0.111. The van der Waals surface area contributed by atoms with Gasteiger partial charge in [-0.25, -0.2) is 4.79 Å². The molecule has 1 unspecified atom stereocenters. The number of rotatable bonds is 7. The van der Waals surface area contributed by atoms with Crippen LogP contribution in [0.3, 0.4) is 0 Å². The number of amides is 1. The number of hydrogen-bond donors (Lipinski definition) is 1. The summed E-state index contributed by atoms with van der Waals surface area (Å²) in [6.07, 6.45) is 2.33. The number of nitrogens with zero attached hydrogens (tertiary/aromatic N) is 1. The van der Waals surface area contributed by atoms with Gasteiger partial charge in [0, 0.05) is 18.8 Å². The zero-order valence-corrected chi connectivity index (χ0v) is 19.5. The molecule has 0 aromatic heterocycles. The molecular formula is C22H34N2O4Si. The van der Waals surface area contributed by atoms with Crippen molar-refractivity contribution >= 4 is 31.6 Å². The third-order valence-corrected chi connectivity index (χ3v) is 10.3. The topological polar surface area (TPSA) is 67.9 Å². The van der Waals surface area contributed by atoms with Gasteiger partial charge in [0.25, 0.3) is 0 Å². The Hall–Kier alpha value is -2.12. The van der Waals surface area contributed by atoms with Crippen molar-refractivity contribution in [2.24, 2.45) is 0 Å². The zero-order valence-electron chi connectivity index (χ0n) is 18.5. The van der Waals surface area contributed by atoms with Crippen molar-refractivity contribution in [1.82, 2.24) is 0 Å². The summed E-state index contributed by atoms with van der Waals surface area (Å²) in [6.45, 7) is 18.4. The Morgan fingerprint density at radius 2 is 2.03 bits per heavy atom. The van der Waals surface area contributed by atoms with Gasteiger partial charge >= 0.3 is 5.97 Å². The SMILES string of the molecule is C=CC(=O)Nc1cc(N2CCC(O[Si](C)(C)C(C)(C)C)C2)ccc1C(=O)OCC. The van der Waals surface area contributed by atoms with Crippen LogP contribution in [0.1, 0.15) is 44.5 Å². The highest BCUT2D eigenvalue weighted by Crippen LogP contribution is 2.38. The Bertz CT molecular complexity index is 771. The number of carbonyl (C=O) groups is 2. The van der Waals surface area contributed by atoms with E-state index in [0.29, 0.717) is 11.3 Å². The van der Waals surface area contributed by atoms with Gasteiger partial charge in [-0.3, -0.25) is 4.79 Å². The molecule has 1 saturated heterocycles. The Labute approximate surface area is 175 Å². The summed E-state index contributed by atoms with van der Waals surface area (Å²) in [5.74, 6) is -0.827. The molecular weight excluding hydrogens is 384 g/mol. The van der Waals surface area contributed by atoms with Crippen LogP contribution >= 0.6 is 0 Å². The molecule has 1 aliphatic rings. The molecule has 0 aliphatic carbocycles. The van der Waals surface area contributed by atoms with Gasteiger partial charge in [0.1, 0.15) is 0 Å². The van der Waals surface area contributed by atoms with E-state index in [1.807, 2.05) is 12.1 Å². The smallest absolute Gasteiger partial charge is 0.340 e. The van der Waals surface area contributed by atoms with Crippen molar-refractivity contribution in [1.29, 1.82) is 0 Å². The van der Waals surface area contributed by atoms with E-state index in [9.17, 15) is 9.59 Å². The quantitative estimate of drug-likeness (QED) is 0.398. The molecule has 1 heterocycles. The second-order valence-corrected chi connectivity index (χ2v) is 13.6. The third-order valence-electron chi connectivity index (χ3n) is 5.72. The minimum Gasteiger partial charge on any atom is -0.462 e. The Kier molecular flexibility index (Phi) is 7.29. The lowest BCUT2D eigenvalue weighted by Gasteiger charge is -2.38. The van der Waals surface area contributed by atoms with Gasteiger partial charge in [0.05, 0.1) is 24.0 Å². The van der Waals surface area contributed by atoms with Crippen LogP contribution in [0.2, 0.25) is 18.1 Å². The molecule has 6 nitrogen and oxygen atoms in total. The average Bonchev–Trinajstić information content (AvgIpc) is 3.08. The summed E-state index contributed by atoms with van der Waals surface area (Å²) < 4.78 is 11.7. The first kappa shape index (κ1) is 23.2. The number of benzene rings is 1. The molecule has 1 aromatic rings. The second kappa shape index (κ2) is 9.13. The fraction of sp³-hybridized carbons (Fsp3) is 0.545. The number of anilines is 2. The van der Waals surface area contributed by atoms with Gasteiger partial charge in [-0.2, -0.15) is 0 Å². The maximum Gasteiger partial charge on any atom is 0.340 e. The van der Waals surface area contributed by atoms with E-state index in [1.165, 1.54) is 6.08 Å². The van der Waals surface area contributed by atoms with Crippen LogP contribution in [-0.2, 0) is 14.0 Å². The van der Waals surface area contributed by atoms with E-state index in [2.05, 4.69) is 50.7 Å². The summed E-state index contributed by atoms with van der Waals surface area (Å²) in [6, 6.07) is 5.42. The monoisotopic (exact) mass is 418 g/mol. The van der Waals surface area contributed by atoms with Crippen LogP contribution in [0.15, 0.2) is 30.9 Å². The Morgan fingerprint density at radius 1 is 1.34 bits per heavy atom. The van der Waals surface area contributed by atoms with Gasteiger partial charge in [-0.05, 0) is 55.8 Å². The molecule has 0 spiro atoms. The highest BCUT2D eigenvalue weighted by molar-refractivity contribution is 6.74. The molecule has 0 saturated carbocycles. The van der Waals surface area contributed by atoms with E-state index in [-0.39, 0.29) is 23.7 Å². The molecule has 1 aromatic carbocycles. The second-order valence-electron chi connectivity index (χ2n) is 8.88. The van der Waals surface area contributed by atoms with Gasteiger partial charge < -0.3 is 19.4 Å². The first-order valence-corrected chi connectivity index (χ1v) is 13.1. The first-order valence-electron chi connectivity index (χ1n) is 10.2. The summed E-state index contributed by atoms with van der Waals surface area (Å²) in [5, 5.41) is 2.89. The maximum atomic E-state index is 12.2. The van der Waals surface area contributed by atoms with Crippen molar-refractivity contribution in [3.63, 3.8) is 0 Å². The van der Waals surface area contributed by atoms with Crippen LogP contribution in [0.4, 0.5) is 11.4 Å². The van der Waals surface area contributed by atoms with Crippen LogP contribution in [0.5, 0.6) is 0 Å². The zero-order chi connectivity index (χ0) is 21.8. The first-order chi connectivity index (χ1) is 13.5. The van der Waals surface area contributed by atoms with Crippen LogP contribution in [0.25, 0.3) is 0 Å². The van der Waals surface area contributed by atoms with E-state index >= 15 is 0 Å². The molecule has 7 heteroatoms. The molecule has 0 bridgehead atoms. The minimum absolute atomic E-state index is 0.170. The van der Waals surface area contributed by atoms with E-state index < -0.39 is 14.3 Å². The fourth-order valence-electron chi connectivity index (χ4n) is 3.06. The van der Waals surface area contributed by atoms with Crippen molar-refractivity contribution in [2.45, 2.75) is 58.4 Å². The minimum atomic E-state index is -1.83. The number of carbonyl (C=O) groups excluding carboxylic acids is 2. The molecule has 1 amide bonds. The standard InChI is InChI=1S/C22H34N2O4Si/c1-8-20(25)23-19-14-16(10-11-18(19)21(26)27-9-2)24-13-12-17(15-24)28-29(6,7)22(3,4)5/h8,10-11,14,17H,1,9,12-13,15H2,2-7H3,(H,23,25). The number of esters is 1. The van der Waals surface area contributed by atoms with Crippen LogP contribution < -0.4 is 10.2 Å². The fourth-order valence-corrected chi connectivity index (χ4v) is 4.43. The van der Waals surface area contributed by atoms with Crippen LogP contribution in [0, 0.1) is 0 Å². The normalized spacial score (nSPS) is 17.2. The van der Waals surface area contributed by atoms with E-state index in [0.717, 1.165) is 25.2 Å². The predicted molar refractivity (Wildman–Crippen MR) is 120 cm³/mol. The molecule has 1 atom stereocenters. The Balaban J connectivity index is 2.20. The highest BCUT2D eigenvalue weighted by Gasteiger charge is 2.40. The predicted octanol–water partition coefficient (Wildman–Crippen LogP) is 4.59. The largest absolute Gasteiger partial charge is 0.462 e. The lowest BCUT2D eigenvalue weighted by Crippen LogP contribution is -2.44. The molecule has 160 valence electrons. The molecule has 2 rings (SSSR count). The molecule has 1 fully saturated rings. The van der Waals surface area contributed by atoms with Gasteiger partial charge in [0.2, 0.25) is 5.91 Å². The molecule has 0 radical (unpaired) electrons. The molecule has 1 aliphatic heterocycles. The van der Waals surface area contributed by atoms with Crippen molar-refractivity contribution in [3.05, 3.63) is 36.4 Å². The van der Waals surface area contributed by atoms with Gasteiger partial charge in [-0.15, -0.1) is 0 Å². The summed E-state index contributed by atoms with van der Waals surface area (Å²) in [4.78, 5) is 26.3. The summed E-state index contributed by atoms with van der Waals surface area (Å²) in [5.41, 5.74) is 1.71. The van der Waals surface area contributed by atoms with Crippen molar-refractivity contribution in [2.75, 3.05) is 29.9 Å². The Morgan fingerprint density at radius 3 is 2.62 bits per heavy atom. The number of ether oxygens (including phenoxy) is 1. The van der Waals surface area contributed by atoms with Gasteiger partial charge in [-0.1, -0.05) is 27.4 Å². The highest BCUT2D eigenvalue weighted by atomic mass is 28.4. The maximum absolute atomic E-state index is 12.2. The molecule has 29 heavy (non-hydrogen) atoms. The van der Waals surface area contributed by atoms with Gasteiger partial charge in [0.15, 0.2) is 8.32 Å². The third kappa shape index (κ3) is 5.70. The van der Waals surface area contributed by atoms with E-state index in [4.69, 9.17) is 9.16 Å². The van der Waals surface area contributed by atoms with Crippen molar-refractivity contribution < 1.29 is 18.8 Å². The number of hydrogen-bond acceptors (Lipinski definition) is 5. The van der Waals surface area contributed by atoms with Crippen molar-refractivity contribution in [3.8, 4) is 0 Å². The molecule has 1 N–H and O–H groups in total. The summed E-state index contributed by atoms with van der Waals surface area (Å²) >= 11 is 0. The number of nitrogens with one attached hydrogen (secondary N) is 1. The lowest BCUT2D eigenvalue weighted by atomic mass is 10.1. The van der Waals surface area contributed by atoms with E-state index in [1.54, 1.807) is 13.0 Å².